The number of methoxy groups -OCH3 is 1. The van der Waals surface area contributed by atoms with E-state index in [1.807, 2.05) is 20.1 Å². The lowest BCUT2D eigenvalue weighted by molar-refractivity contribution is -0.159. The third-order valence-electron chi connectivity index (χ3n) is 15.4. The first-order valence-corrected chi connectivity index (χ1v) is 21.6. The van der Waals surface area contributed by atoms with E-state index in [9.17, 15) is 14.4 Å². The van der Waals surface area contributed by atoms with E-state index in [-0.39, 0.29) is 40.8 Å². The standard InChI is InChI=1S/C24H26BrN3O3.C22H32O3/c1-27-13-17-8-21-24(30-3,19-5-4-6-20(27)22(17)19)9-15(12-28(21)2)14-31-23(29)16-7-18(25)11-26-10-16;1-4-20(24)25-19-8-7-17-16-6-5-14-13-15(23)9-11-21(14,2)18(16)10-12-22(17,19)3/h4-7,10-11,13,15,21H,8-9,12,14H2,1-3H3;13,16-19H,4-12H2,1-3H3. The van der Waals surface area contributed by atoms with Gasteiger partial charge in [0.15, 0.2) is 5.78 Å². The van der Waals surface area contributed by atoms with Crippen LogP contribution in [-0.4, -0.2) is 71.6 Å². The number of pyridine rings is 1. The topological polar surface area (TPSA) is 100.0 Å². The van der Waals surface area contributed by atoms with Crippen molar-refractivity contribution in [1.82, 2.24) is 14.5 Å². The van der Waals surface area contributed by atoms with Crippen molar-refractivity contribution >= 4 is 44.6 Å². The first-order chi connectivity index (χ1) is 26.8. The van der Waals surface area contributed by atoms with Gasteiger partial charge in [0.1, 0.15) is 11.7 Å². The molecule has 0 spiro atoms. The largest absolute Gasteiger partial charge is 0.462 e. The van der Waals surface area contributed by atoms with E-state index in [1.165, 1.54) is 53.1 Å². The van der Waals surface area contributed by atoms with Gasteiger partial charge in [-0.05, 0) is 133 Å². The molecule has 2 aromatic heterocycles. The Balaban J connectivity index is 0.000000161. The second-order valence-corrected chi connectivity index (χ2v) is 19.1. The molecule has 9 nitrogen and oxygen atoms in total. The SMILES string of the molecule is CCC(=O)OC1CCC2C3CCC4=CC(=O)CCC4(C)C3CCC12C.COC12CC(COC(=O)c3cncc(Br)c3)CN(C)C1Cc1cn(C)c3cccc2c13. The number of aromatic nitrogens is 2. The van der Waals surface area contributed by atoms with Crippen LogP contribution in [0.5, 0.6) is 0 Å². The molecule has 9 unspecified atom stereocenters. The summed E-state index contributed by atoms with van der Waals surface area (Å²) < 4.78 is 20.9. The number of allylic oxidation sites excluding steroid dienone is 1. The number of ether oxygens (including phenoxy) is 3. The number of halogens is 1. The predicted molar refractivity (Wildman–Crippen MR) is 219 cm³/mol. The Labute approximate surface area is 340 Å². The van der Waals surface area contributed by atoms with Gasteiger partial charge in [-0.2, -0.15) is 0 Å². The Bertz CT molecular complexity index is 2060. The maximum Gasteiger partial charge on any atom is 0.339 e. The van der Waals surface area contributed by atoms with Crippen LogP contribution >= 0.6 is 15.9 Å². The zero-order valence-electron chi connectivity index (χ0n) is 33.9. The summed E-state index contributed by atoms with van der Waals surface area (Å²) in [7, 11) is 6.07. The van der Waals surface area contributed by atoms with E-state index in [1.54, 1.807) is 12.3 Å². The van der Waals surface area contributed by atoms with E-state index >= 15 is 0 Å². The summed E-state index contributed by atoms with van der Waals surface area (Å²) in [5, 5.41) is 1.31. The van der Waals surface area contributed by atoms with Crippen LogP contribution in [0.2, 0.25) is 0 Å². The maximum atomic E-state index is 12.5. The number of benzene rings is 1. The number of rotatable bonds is 6. The maximum absolute atomic E-state index is 12.5. The van der Waals surface area contributed by atoms with Gasteiger partial charge >= 0.3 is 11.9 Å². The summed E-state index contributed by atoms with van der Waals surface area (Å²) >= 11 is 3.35. The molecule has 1 aliphatic heterocycles. The lowest BCUT2D eigenvalue weighted by Crippen LogP contribution is -2.59. The molecule has 4 fully saturated rings. The van der Waals surface area contributed by atoms with Crippen molar-refractivity contribution < 1.29 is 28.6 Å². The zero-order valence-corrected chi connectivity index (χ0v) is 35.5. The van der Waals surface area contributed by atoms with Crippen LogP contribution in [0.15, 0.2) is 59.0 Å². The van der Waals surface area contributed by atoms with Gasteiger partial charge in [0.05, 0.1) is 12.2 Å². The Kier molecular flexibility index (Phi) is 10.7. The third kappa shape index (κ3) is 6.59. The number of esters is 2. The molecule has 1 aromatic carbocycles. The van der Waals surface area contributed by atoms with Gasteiger partial charge in [-0.1, -0.05) is 38.5 Å². The molecular formula is C46H58BrN3O6. The molecule has 3 heterocycles. The molecule has 5 aliphatic carbocycles. The van der Waals surface area contributed by atoms with Gasteiger partial charge in [-0.25, -0.2) is 4.79 Å². The summed E-state index contributed by atoms with van der Waals surface area (Å²) in [6, 6.07) is 8.47. The van der Waals surface area contributed by atoms with Gasteiger partial charge < -0.3 is 18.8 Å². The smallest absolute Gasteiger partial charge is 0.339 e. The van der Waals surface area contributed by atoms with E-state index < -0.39 is 5.60 Å². The van der Waals surface area contributed by atoms with E-state index in [0.717, 1.165) is 61.9 Å². The summed E-state index contributed by atoms with van der Waals surface area (Å²) in [5.74, 6) is 2.24. The highest BCUT2D eigenvalue weighted by Gasteiger charge is 2.60. The minimum atomic E-state index is -0.421. The molecule has 0 bridgehead atoms. The van der Waals surface area contributed by atoms with Crippen molar-refractivity contribution in [2.45, 2.75) is 109 Å². The zero-order chi connectivity index (χ0) is 39.6. The normalized spacial score (nSPS) is 34.6. The highest BCUT2D eigenvalue weighted by molar-refractivity contribution is 9.10. The lowest BCUT2D eigenvalue weighted by atomic mass is 9.47. The highest BCUT2D eigenvalue weighted by Crippen LogP contribution is 2.65. The van der Waals surface area contributed by atoms with Crippen LogP contribution in [0.4, 0.5) is 0 Å². The Morgan fingerprint density at radius 2 is 1.86 bits per heavy atom. The molecule has 3 aromatic rings. The molecular weight excluding hydrogens is 770 g/mol. The number of ketones is 1. The number of hydrogen-bond acceptors (Lipinski definition) is 8. The second kappa shape index (κ2) is 15.1. The molecule has 1 saturated heterocycles. The number of aryl methyl sites for hydroxylation is 1. The second-order valence-electron chi connectivity index (χ2n) is 18.2. The van der Waals surface area contributed by atoms with Crippen LogP contribution < -0.4 is 0 Å². The molecule has 56 heavy (non-hydrogen) atoms. The fourth-order valence-electron chi connectivity index (χ4n) is 12.6. The summed E-state index contributed by atoms with van der Waals surface area (Å²) in [5.41, 5.74) is 5.72. The molecule has 9 rings (SSSR count). The first kappa shape index (κ1) is 39.5. The number of likely N-dealkylation sites (tertiary alicyclic amines) is 1. The predicted octanol–water partition coefficient (Wildman–Crippen LogP) is 8.75. The molecule has 6 aliphatic rings. The number of piperidine rings is 1. The van der Waals surface area contributed by atoms with Gasteiger partial charge in [-0.15, -0.1) is 0 Å². The number of carbonyl (C=O) groups excluding carboxylic acids is 3. The Morgan fingerprint density at radius 1 is 1.04 bits per heavy atom. The quantitative estimate of drug-likeness (QED) is 0.228. The highest BCUT2D eigenvalue weighted by atomic mass is 79.9. The average Bonchev–Trinajstić information content (AvgIpc) is 3.70. The minimum Gasteiger partial charge on any atom is -0.462 e. The molecule has 9 atom stereocenters. The molecule has 0 amide bonds. The van der Waals surface area contributed by atoms with Crippen molar-refractivity contribution in [2.75, 3.05) is 27.3 Å². The van der Waals surface area contributed by atoms with Crippen LogP contribution in [0.1, 0.15) is 106 Å². The molecule has 0 N–H and O–H groups in total. The van der Waals surface area contributed by atoms with Gasteiger partial charge in [0.25, 0.3) is 0 Å². The summed E-state index contributed by atoms with van der Waals surface area (Å²) in [4.78, 5) is 42.8. The summed E-state index contributed by atoms with van der Waals surface area (Å²) in [6.07, 6.45) is 18.5. The summed E-state index contributed by atoms with van der Waals surface area (Å²) in [6.45, 7) is 7.90. The van der Waals surface area contributed by atoms with Crippen molar-refractivity contribution in [2.24, 2.45) is 41.5 Å². The van der Waals surface area contributed by atoms with Gasteiger partial charge in [-0.3, -0.25) is 19.5 Å². The van der Waals surface area contributed by atoms with Crippen molar-refractivity contribution in [1.29, 1.82) is 0 Å². The number of fused-ring (bicyclic) bond motifs is 7. The van der Waals surface area contributed by atoms with E-state index in [4.69, 9.17) is 14.2 Å². The third-order valence-corrected chi connectivity index (χ3v) is 15.8. The number of nitrogens with zero attached hydrogens (tertiary/aromatic N) is 3. The average molecular weight is 829 g/mol. The van der Waals surface area contributed by atoms with Gasteiger partial charge in [0, 0.05) is 84.9 Å². The molecule has 0 radical (unpaired) electrons. The number of hydrogen-bond donors (Lipinski definition) is 0. The first-order valence-electron chi connectivity index (χ1n) is 20.8. The van der Waals surface area contributed by atoms with E-state index in [0.29, 0.717) is 36.2 Å². The molecule has 10 heteroatoms. The Hall–Kier alpha value is -3.34. The molecule has 300 valence electrons. The Morgan fingerprint density at radius 3 is 2.62 bits per heavy atom. The number of carbonyl (C=O) groups is 3. The molecule has 3 saturated carbocycles. The fraction of sp³-hybridized carbons (Fsp3) is 0.609. The van der Waals surface area contributed by atoms with Crippen molar-refractivity contribution in [3.63, 3.8) is 0 Å². The van der Waals surface area contributed by atoms with Crippen LogP contribution in [0, 0.1) is 34.5 Å². The van der Waals surface area contributed by atoms with E-state index in [2.05, 4.69) is 82.7 Å². The van der Waals surface area contributed by atoms with Crippen molar-refractivity contribution in [3.8, 4) is 0 Å². The number of likely N-dealkylation sites (N-methyl/N-ethyl adjacent to an activating group) is 1. The van der Waals surface area contributed by atoms with Crippen LogP contribution in [-0.2, 0) is 42.9 Å². The van der Waals surface area contributed by atoms with Crippen LogP contribution in [0.3, 0.4) is 0 Å². The fourth-order valence-corrected chi connectivity index (χ4v) is 12.9. The minimum absolute atomic E-state index is 0.0411. The van der Waals surface area contributed by atoms with Crippen LogP contribution in [0.25, 0.3) is 10.9 Å². The van der Waals surface area contributed by atoms with Gasteiger partial charge in [0.2, 0.25) is 0 Å². The van der Waals surface area contributed by atoms with Crippen molar-refractivity contribution in [3.05, 3.63) is 75.7 Å². The monoisotopic (exact) mass is 827 g/mol. The lowest BCUT2D eigenvalue weighted by Gasteiger charge is -2.57.